The summed E-state index contributed by atoms with van der Waals surface area (Å²) >= 11 is 7.99. The normalized spacial score (nSPS) is 9.35. The summed E-state index contributed by atoms with van der Waals surface area (Å²) in [6.45, 7) is 14.9. The summed E-state index contributed by atoms with van der Waals surface area (Å²) < 4.78 is 0.947. The van der Waals surface area contributed by atoms with Gasteiger partial charge < -0.3 is 4.90 Å². The maximum atomic E-state index is 4.49. The largest absolute Gasteiger partial charge is 0.344 e. The molecular formula is C13H21BrN2S. The van der Waals surface area contributed by atoms with E-state index in [9.17, 15) is 0 Å². The standard InChI is InChI=1S/C11H15BrN2S.C2H6/c1-5-14(7(2)3)10-9(12)6-13-8(4)11(10)15;1-2/h6,15H,2,5H2,1,3-4H3;1-2H3. The number of pyridine rings is 1. The van der Waals surface area contributed by atoms with Gasteiger partial charge in [-0.05, 0) is 36.7 Å². The quantitative estimate of drug-likeness (QED) is 0.804. The zero-order chi connectivity index (χ0) is 13.6. The highest BCUT2D eigenvalue weighted by atomic mass is 79.9. The van der Waals surface area contributed by atoms with Crippen LogP contribution in [0.2, 0.25) is 0 Å². The van der Waals surface area contributed by atoms with Gasteiger partial charge in [-0.1, -0.05) is 20.4 Å². The summed E-state index contributed by atoms with van der Waals surface area (Å²) in [5.41, 5.74) is 2.97. The van der Waals surface area contributed by atoms with Gasteiger partial charge in [0, 0.05) is 18.4 Å². The average Bonchev–Trinajstić information content (AvgIpc) is 2.31. The van der Waals surface area contributed by atoms with Gasteiger partial charge in [0.15, 0.2) is 0 Å². The van der Waals surface area contributed by atoms with Crippen LogP contribution in [-0.2, 0) is 0 Å². The second-order valence-corrected chi connectivity index (χ2v) is 4.67. The lowest BCUT2D eigenvalue weighted by atomic mass is 10.2. The molecule has 0 fully saturated rings. The number of aryl methyl sites for hydroxylation is 1. The van der Waals surface area contributed by atoms with Gasteiger partial charge in [0.1, 0.15) is 0 Å². The van der Waals surface area contributed by atoms with Crippen LogP contribution in [0.5, 0.6) is 0 Å². The zero-order valence-electron chi connectivity index (χ0n) is 11.2. The molecule has 1 aromatic heterocycles. The van der Waals surface area contributed by atoms with Crippen molar-refractivity contribution in [3.05, 3.63) is 28.6 Å². The van der Waals surface area contributed by atoms with Crippen LogP contribution in [0.3, 0.4) is 0 Å². The Bertz CT molecular complexity index is 391. The maximum Gasteiger partial charge on any atom is 0.0722 e. The van der Waals surface area contributed by atoms with E-state index in [2.05, 4.69) is 51.9 Å². The molecule has 0 saturated carbocycles. The fourth-order valence-electron chi connectivity index (χ4n) is 1.44. The third-order valence-corrected chi connectivity index (χ3v) is 3.33. The molecule has 0 aliphatic rings. The van der Waals surface area contributed by atoms with Gasteiger partial charge in [-0.15, -0.1) is 12.6 Å². The molecule has 1 rings (SSSR count). The van der Waals surface area contributed by atoms with E-state index in [1.54, 1.807) is 6.20 Å². The molecule has 96 valence electrons. The van der Waals surface area contributed by atoms with Crippen LogP contribution in [0, 0.1) is 6.92 Å². The lowest BCUT2D eigenvalue weighted by Gasteiger charge is -2.26. The number of hydrogen-bond acceptors (Lipinski definition) is 3. The highest BCUT2D eigenvalue weighted by Gasteiger charge is 2.14. The third kappa shape index (κ3) is 4.03. The van der Waals surface area contributed by atoms with Crippen molar-refractivity contribution in [2.24, 2.45) is 0 Å². The summed E-state index contributed by atoms with van der Waals surface area (Å²) in [4.78, 5) is 7.24. The summed E-state index contributed by atoms with van der Waals surface area (Å²) in [5, 5.41) is 0. The first kappa shape index (κ1) is 16.5. The molecule has 0 unspecified atom stereocenters. The SMILES string of the molecule is C=C(C)N(CC)c1c(Br)cnc(C)c1S.CC. The molecule has 0 aliphatic carbocycles. The monoisotopic (exact) mass is 316 g/mol. The summed E-state index contributed by atoms with van der Waals surface area (Å²) in [7, 11) is 0. The highest BCUT2D eigenvalue weighted by Crippen LogP contribution is 2.35. The third-order valence-electron chi connectivity index (χ3n) is 2.21. The minimum atomic E-state index is 0.866. The molecule has 0 radical (unpaired) electrons. The average molecular weight is 317 g/mol. The van der Waals surface area contributed by atoms with E-state index in [4.69, 9.17) is 0 Å². The smallest absolute Gasteiger partial charge is 0.0722 e. The molecule has 2 nitrogen and oxygen atoms in total. The van der Waals surface area contributed by atoms with Gasteiger partial charge >= 0.3 is 0 Å². The molecule has 0 atom stereocenters. The molecule has 0 amide bonds. The number of hydrogen-bond donors (Lipinski definition) is 1. The number of aromatic nitrogens is 1. The Balaban J connectivity index is 0.00000121. The van der Waals surface area contributed by atoms with Crippen LogP contribution in [0.15, 0.2) is 27.8 Å². The first-order valence-corrected chi connectivity index (χ1v) is 7.00. The molecule has 0 aromatic carbocycles. The van der Waals surface area contributed by atoms with Gasteiger partial charge in [0.05, 0.1) is 20.7 Å². The van der Waals surface area contributed by atoms with Gasteiger partial charge in [0.2, 0.25) is 0 Å². The van der Waals surface area contributed by atoms with E-state index in [1.165, 1.54) is 0 Å². The van der Waals surface area contributed by atoms with E-state index in [-0.39, 0.29) is 0 Å². The van der Waals surface area contributed by atoms with E-state index >= 15 is 0 Å². The molecule has 4 heteroatoms. The predicted molar refractivity (Wildman–Crippen MR) is 83.1 cm³/mol. The molecule has 0 saturated heterocycles. The topological polar surface area (TPSA) is 16.1 Å². The van der Waals surface area contributed by atoms with Gasteiger partial charge in [-0.25, -0.2) is 0 Å². The van der Waals surface area contributed by atoms with Gasteiger partial charge in [0.25, 0.3) is 0 Å². The van der Waals surface area contributed by atoms with Crippen molar-refractivity contribution in [1.29, 1.82) is 0 Å². The minimum Gasteiger partial charge on any atom is -0.344 e. The van der Waals surface area contributed by atoms with Crippen LogP contribution in [0.4, 0.5) is 5.69 Å². The Hall–Kier alpha value is -0.480. The van der Waals surface area contributed by atoms with E-state index in [1.807, 2.05) is 27.7 Å². The summed E-state index contributed by atoms with van der Waals surface area (Å²) in [6, 6.07) is 0. The van der Waals surface area contributed by atoms with Crippen molar-refractivity contribution in [2.45, 2.75) is 39.5 Å². The molecule has 17 heavy (non-hydrogen) atoms. The number of allylic oxidation sites excluding steroid dienone is 1. The minimum absolute atomic E-state index is 0.866. The van der Waals surface area contributed by atoms with Crippen LogP contribution < -0.4 is 4.90 Å². The van der Waals surface area contributed by atoms with Crippen LogP contribution in [0.25, 0.3) is 0 Å². The molecule has 0 N–H and O–H groups in total. The Kier molecular flexibility index (Phi) is 7.55. The lowest BCUT2D eigenvalue weighted by Crippen LogP contribution is -2.21. The summed E-state index contributed by atoms with van der Waals surface area (Å²) in [5.74, 6) is 0. The van der Waals surface area contributed by atoms with E-state index in [0.29, 0.717) is 0 Å². The Morgan fingerprint density at radius 1 is 1.53 bits per heavy atom. The summed E-state index contributed by atoms with van der Waals surface area (Å²) in [6.07, 6.45) is 1.80. The maximum absolute atomic E-state index is 4.49. The fourth-order valence-corrected chi connectivity index (χ4v) is 2.40. The lowest BCUT2D eigenvalue weighted by molar-refractivity contribution is 0.925. The Morgan fingerprint density at radius 2 is 2.06 bits per heavy atom. The molecule has 0 aliphatic heterocycles. The molecule has 1 heterocycles. The van der Waals surface area contributed by atoms with Crippen molar-refractivity contribution in [3.8, 4) is 0 Å². The highest BCUT2D eigenvalue weighted by molar-refractivity contribution is 9.10. The number of nitrogens with zero attached hydrogens (tertiary/aromatic N) is 2. The van der Waals surface area contributed by atoms with E-state index in [0.717, 1.165) is 33.0 Å². The van der Waals surface area contributed by atoms with Gasteiger partial charge in [-0.3, -0.25) is 4.98 Å². The van der Waals surface area contributed by atoms with Crippen LogP contribution >= 0.6 is 28.6 Å². The Labute approximate surface area is 119 Å². The number of rotatable bonds is 3. The second-order valence-electron chi connectivity index (χ2n) is 3.37. The van der Waals surface area contributed by atoms with Crippen molar-refractivity contribution in [1.82, 2.24) is 4.98 Å². The number of anilines is 1. The molecule has 1 aromatic rings. The predicted octanol–water partition coefficient (Wildman–Crippen LogP) is 4.83. The first-order chi connectivity index (χ1) is 7.99. The molecule has 0 bridgehead atoms. The first-order valence-electron chi connectivity index (χ1n) is 5.76. The van der Waals surface area contributed by atoms with Crippen molar-refractivity contribution in [2.75, 3.05) is 11.4 Å². The number of halogens is 1. The van der Waals surface area contributed by atoms with Crippen molar-refractivity contribution >= 4 is 34.2 Å². The van der Waals surface area contributed by atoms with Crippen LogP contribution in [-0.4, -0.2) is 11.5 Å². The molecule has 0 spiro atoms. The van der Waals surface area contributed by atoms with E-state index < -0.39 is 0 Å². The second kappa shape index (κ2) is 7.77. The number of thiol groups is 1. The molecular weight excluding hydrogens is 296 g/mol. The fraction of sp³-hybridized carbons (Fsp3) is 0.462. The van der Waals surface area contributed by atoms with Crippen molar-refractivity contribution < 1.29 is 0 Å². The van der Waals surface area contributed by atoms with Gasteiger partial charge in [-0.2, -0.15) is 0 Å². The van der Waals surface area contributed by atoms with Crippen LogP contribution in [0.1, 0.15) is 33.4 Å². The zero-order valence-corrected chi connectivity index (χ0v) is 13.7. The van der Waals surface area contributed by atoms with Crippen molar-refractivity contribution in [3.63, 3.8) is 0 Å². The Morgan fingerprint density at radius 3 is 2.47 bits per heavy atom.